The number of aryl methyl sites for hydroxylation is 1. The second kappa shape index (κ2) is 4.60. The summed E-state index contributed by atoms with van der Waals surface area (Å²) in [7, 11) is 1.75. The second-order valence-corrected chi connectivity index (χ2v) is 5.80. The van der Waals surface area contributed by atoms with Crippen LogP contribution >= 0.6 is 11.8 Å². The summed E-state index contributed by atoms with van der Waals surface area (Å²) >= 11 is 1.83. The summed E-state index contributed by atoms with van der Waals surface area (Å²) in [6.45, 7) is 0.697. The number of thioether (sulfide) groups is 1. The molecule has 6 heteroatoms. The minimum atomic E-state index is -0.177. The fourth-order valence-electron chi connectivity index (χ4n) is 2.03. The van der Waals surface area contributed by atoms with Gasteiger partial charge < -0.3 is 11.1 Å². The Hall–Kier alpha value is -1.17. The Morgan fingerprint density at radius 3 is 2.82 bits per heavy atom. The molecule has 0 atom stereocenters. The van der Waals surface area contributed by atoms with Gasteiger partial charge >= 0.3 is 0 Å². The van der Waals surface area contributed by atoms with Gasteiger partial charge in [0.2, 0.25) is 0 Å². The number of aromatic nitrogens is 2. The molecule has 0 radical (unpaired) electrons. The third kappa shape index (κ3) is 2.41. The fourth-order valence-corrected chi connectivity index (χ4v) is 2.95. The highest BCUT2D eigenvalue weighted by atomic mass is 32.2. The fraction of sp³-hybridized carbons (Fsp3) is 0.636. The van der Waals surface area contributed by atoms with E-state index in [4.69, 9.17) is 5.73 Å². The third-order valence-corrected chi connectivity index (χ3v) is 4.76. The van der Waals surface area contributed by atoms with Gasteiger partial charge in [-0.2, -0.15) is 16.9 Å². The van der Waals surface area contributed by atoms with Crippen LogP contribution in [0.3, 0.4) is 0 Å². The minimum absolute atomic E-state index is 0.177. The second-order valence-electron chi connectivity index (χ2n) is 4.53. The summed E-state index contributed by atoms with van der Waals surface area (Å²) in [5.41, 5.74) is 6.46. The Labute approximate surface area is 105 Å². The minimum Gasteiger partial charge on any atom is -0.396 e. The van der Waals surface area contributed by atoms with Crippen LogP contribution in [-0.2, 0) is 7.05 Å². The number of anilines is 1. The van der Waals surface area contributed by atoms with Gasteiger partial charge in [0.25, 0.3) is 5.91 Å². The van der Waals surface area contributed by atoms with Crippen LogP contribution < -0.4 is 11.1 Å². The zero-order chi connectivity index (χ0) is 12.5. The van der Waals surface area contributed by atoms with E-state index >= 15 is 0 Å². The maximum absolute atomic E-state index is 11.9. The van der Waals surface area contributed by atoms with Crippen LogP contribution in [0.1, 0.15) is 29.8 Å². The SMILES string of the molecule is CSC1(CNC(=O)c2nn(C)cc2N)CCC1. The summed E-state index contributed by atoms with van der Waals surface area (Å²) in [6, 6.07) is 0. The number of nitrogens with one attached hydrogen (secondary N) is 1. The first-order valence-corrected chi connectivity index (χ1v) is 6.91. The molecule has 1 aromatic rings. The van der Waals surface area contributed by atoms with Crippen molar-refractivity contribution in [3.8, 4) is 0 Å². The molecule has 1 aromatic heterocycles. The Bertz CT molecular complexity index is 420. The third-order valence-electron chi connectivity index (χ3n) is 3.34. The molecule has 3 N–H and O–H groups in total. The molecule has 17 heavy (non-hydrogen) atoms. The van der Waals surface area contributed by atoms with Crippen molar-refractivity contribution in [3.05, 3.63) is 11.9 Å². The highest BCUT2D eigenvalue weighted by Gasteiger charge is 2.36. The summed E-state index contributed by atoms with van der Waals surface area (Å²) in [6.07, 6.45) is 7.34. The molecule has 1 fully saturated rings. The van der Waals surface area contributed by atoms with E-state index in [0.29, 0.717) is 17.9 Å². The highest BCUT2D eigenvalue weighted by Crippen LogP contribution is 2.42. The largest absolute Gasteiger partial charge is 0.396 e. The van der Waals surface area contributed by atoms with Gasteiger partial charge in [0.05, 0.1) is 5.69 Å². The zero-order valence-electron chi connectivity index (χ0n) is 10.2. The Morgan fingerprint density at radius 2 is 2.41 bits per heavy atom. The molecular formula is C11H18N4OS. The smallest absolute Gasteiger partial charge is 0.273 e. The molecular weight excluding hydrogens is 236 g/mol. The van der Waals surface area contributed by atoms with Crippen molar-refractivity contribution in [2.24, 2.45) is 7.05 Å². The molecule has 1 heterocycles. The summed E-state index contributed by atoms with van der Waals surface area (Å²) in [4.78, 5) is 11.9. The first kappa shape index (κ1) is 12.3. The van der Waals surface area contributed by atoms with Crippen molar-refractivity contribution in [1.82, 2.24) is 15.1 Å². The lowest BCUT2D eigenvalue weighted by Gasteiger charge is -2.40. The molecule has 2 rings (SSSR count). The van der Waals surface area contributed by atoms with Crippen molar-refractivity contribution >= 4 is 23.4 Å². The molecule has 0 unspecified atom stereocenters. The van der Waals surface area contributed by atoms with E-state index in [1.54, 1.807) is 17.9 Å². The summed E-state index contributed by atoms with van der Waals surface area (Å²) < 4.78 is 1.79. The van der Waals surface area contributed by atoms with Crippen LogP contribution in [0.5, 0.6) is 0 Å². The monoisotopic (exact) mass is 254 g/mol. The Balaban J connectivity index is 1.95. The Kier molecular flexibility index (Phi) is 3.33. The van der Waals surface area contributed by atoms with E-state index in [1.807, 2.05) is 11.8 Å². The number of rotatable bonds is 4. The molecule has 0 aromatic carbocycles. The molecule has 0 bridgehead atoms. The molecule has 5 nitrogen and oxygen atoms in total. The predicted octanol–water partition coefficient (Wildman–Crippen LogP) is 1.02. The zero-order valence-corrected chi connectivity index (χ0v) is 11.0. The average Bonchev–Trinajstić information content (AvgIpc) is 2.57. The summed E-state index contributed by atoms with van der Waals surface area (Å²) in [5.74, 6) is -0.177. The van der Waals surface area contributed by atoms with Gasteiger partial charge in [0.15, 0.2) is 5.69 Å². The van der Waals surface area contributed by atoms with Crippen LogP contribution in [0.15, 0.2) is 6.20 Å². The molecule has 0 spiro atoms. The van der Waals surface area contributed by atoms with Crippen LogP contribution in [0.25, 0.3) is 0 Å². The molecule has 94 valence electrons. The number of carbonyl (C=O) groups is 1. The molecule has 1 aliphatic carbocycles. The van der Waals surface area contributed by atoms with Gasteiger partial charge in [0.1, 0.15) is 0 Å². The quantitative estimate of drug-likeness (QED) is 0.841. The van der Waals surface area contributed by atoms with Gasteiger partial charge in [-0.25, -0.2) is 0 Å². The van der Waals surface area contributed by atoms with E-state index in [1.165, 1.54) is 19.3 Å². The first-order chi connectivity index (χ1) is 8.06. The molecule has 0 aliphatic heterocycles. The van der Waals surface area contributed by atoms with Crippen molar-refractivity contribution in [2.45, 2.75) is 24.0 Å². The van der Waals surface area contributed by atoms with E-state index in [0.717, 1.165) is 0 Å². The van der Waals surface area contributed by atoms with Gasteiger partial charge in [-0.05, 0) is 19.1 Å². The van der Waals surface area contributed by atoms with Crippen molar-refractivity contribution < 1.29 is 4.79 Å². The van der Waals surface area contributed by atoms with Crippen LogP contribution in [0.4, 0.5) is 5.69 Å². The van der Waals surface area contributed by atoms with Gasteiger partial charge in [-0.15, -0.1) is 0 Å². The topological polar surface area (TPSA) is 72.9 Å². The predicted molar refractivity (Wildman–Crippen MR) is 70.1 cm³/mol. The number of hydrogen-bond acceptors (Lipinski definition) is 4. The van der Waals surface area contributed by atoms with Crippen molar-refractivity contribution in [3.63, 3.8) is 0 Å². The maximum atomic E-state index is 11.9. The van der Waals surface area contributed by atoms with Crippen LogP contribution in [-0.4, -0.2) is 33.2 Å². The average molecular weight is 254 g/mol. The van der Waals surface area contributed by atoms with E-state index in [-0.39, 0.29) is 10.7 Å². The lowest BCUT2D eigenvalue weighted by Crippen LogP contribution is -2.45. The van der Waals surface area contributed by atoms with Crippen LogP contribution in [0, 0.1) is 0 Å². The summed E-state index contributed by atoms with van der Waals surface area (Å²) in [5, 5.41) is 6.98. The standard InChI is InChI=1S/C11H18N4OS/c1-15-6-8(12)9(14-15)10(16)13-7-11(17-2)4-3-5-11/h6H,3-5,7,12H2,1-2H3,(H,13,16). The number of carbonyl (C=O) groups excluding carboxylic acids is 1. The van der Waals surface area contributed by atoms with E-state index in [9.17, 15) is 4.79 Å². The number of nitrogen functional groups attached to an aromatic ring is 1. The molecule has 1 amide bonds. The lowest BCUT2D eigenvalue weighted by atomic mass is 9.84. The van der Waals surface area contributed by atoms with Crippen molar-refractivity contribution in [2.75, 3.05) is 18.5 Å². The molecule has 1 saturated carbocycles. The molecule has 0 saturated heterocycles. The van der Waals surface area contributed by atoms with Crippen molar-refractivity contribution in [1.29, 1.82) is 0 Å². The maximum Gasteiger partial charge on any atom is 0.273 e. The number of hydrogen-bond donors (Lipinski definition) is 2. The van der Waals surface area contributed by atoms with Gasteiger partial charge in [0, 0.05) is 24.5 Å². The lowest BCUT2D eigenvalue weighted by molar-refractivity contribution is 0.0939. The number of nitrogens with two attached hydrogens (primary N) is 1. The van der Waals surface area contributed by atoms with Gasteiger partial charge in [-0.3, -0.25) is 9.48 Å². The van der Waals surface area contributed by atoms with E-state index in [2.05, 4.69) is 16.7 Å². The normalized spacial score (nSPS) is 17.5. The number of nitrogens with zero attached hydrogens (tertiary/aromatic N) is 2. The van der Waals surface area contributed by atoms with Crippen LogP contribution in [0.2, 0.25) is 0 Å². The number of amides is 1. The molecule has 1 aliphatic rings. The highest BCUT2D eigenvalue weighted by molar-refractivity contribution is 8.00. The van der Waals surface area contributed by atoms with Gasteiger partial charge in [-0.1, -0.05) is 6.42 Å². The Morgan fingerprint density at radius 1 is 1.71 bits per heavy atom. The first-order valence-electron chi connectivity index (χ1n) is 5.69. The van der Waals surface area contributed by atoms with E-state index < -0.39 is 0 Å².